The quantitative estimate of drug-likeness (QED) is 0.515. The van der Waals surface area contributed by atoms with E-state index in [0.29, 0.717) is 43.8 Å². The maximum Gasteiger partial charge on any atom is 0.273 e. The molecule has 1 N–H and O–H groups in total. The second-order valence-electron chi connectivity index (χ2n) is 8.06. The van der Waals surface area contributed by atoms with Crippen molar-refractivity contribution in [3.05, 3.63) is 17.8 Å². The molecule has 1 heterocycles. The first-order valence-electron chi connectivity index (χ1n) is 10.3. The van der Waals surface area contributed by atoms with Gasteiger partial charge in [0.15, 0.2) is 5.69 Å². The Morgan fingerprint density at radius 2 is 1.81 bits per heavy atom. The Kier molecular flexibility index (Phi) is 10.8. The van der Waals surface area contributed by atoms with E-state index in [0.717, 1.165) is 12.8 Å². The molecule has 0 saturated heterocycles. The second-order valence-corrected chi connectivity index (χ2v) is 8.06. The van der Waals surface area contributed by atoms with E-state index in [1.54, 1.807) is 4.90 Å². The van der Waals surface area contributed by atoms with Crippen LogP contribution in [0.2, 0.25) is 0 Å². The Bertz CT molecular complexity index is 567. The summed E-state index contributed by atoms with van der Waals surface area (Å²) >= 11 is 0. The van der Waals surface area contributed by atoms with Crippen molar-refractivity contribution in [1.82, 2.24) is 15.2 Å². The van der Waals surface area contributed by atoms with Gasteiger partial charge in [0.1, 0.15) is 6.26 Å². The lowest BCUT2D eigenvalue weighted by molar-refractivity contribution is -0.132. The highest BCUT2D eigenvalue weighted by Crippen LogP contribution is 2.12. The van der Waals surface area contributed by atoms with Crippen molar-refractivity contribution in [2.75, 3.05) is 13.1 Å². The number of aromatic nitrogens is 1. The number of nitrogens with zero attached hydrogens (tertiary/aromatic N) is 2. The Hall–Kier alpha value is -1.85. The van der Waals surface area contributed by atoms with E-state index in [1.807, 2.05) is 13.8 Å². The largest absolute Gasteiger partial charge is 0.446 e. The molecule has 1 aromatic heterocycles. The van der Waals surface area contributed by atoms with Gasteiger partial charge in [-0.25, -0.2) is 4.98 Å². The SMILES string of the molecule is CCCCCCCC(=O)N(Cc1nc(C(=O)NCC(C)C)co1)CC(C)C. The molecule has 0 atom stereocenters. The molecule has 0 aliphatic heterocycles. The number of amides is 2. The van der Waals surface area contributed by atoms with Gasteiger partial charge in [-0.3, -0.25) is 9.59 Å². The van der Waals surface area contributed by atoms with Gasteiger partial charge in [-0.15, -0.1) is 0 Å². The third kappa shape index (κ3) is 9.59. The van der Waals surface area contributed by atoms with Crippen LogP contribution in [0, 0.1) is 11.8 Å². The lowest BCUT2D eigenvalue weighted by Crippen LogP contribution is -2.33. The summed E-state index contributed by atoms with van der Waals surface area (Å²) in [5.74, 6) is 1.03. The number of unbranched alkanes of at least 4 members (excludes halogenated alkanes) is 4. The van der Waals surface area contributed by atoms with Crippen LogP contribution in [0.1, 0.15) is 89.5 Å². The van der Waals surface area contributed by atoms with Crippen molar-refractivity contribution in [3.8, 4) is 0 Å². The van der Waals surface area contributed by atoms with Gasteiger partial charge in [0, 0.05) is 19.5 Å². The predicted molar refractivity (Wildman–Crippen MR) is 107 cm³/mol. The molecule has 0 radical (unpaired) electrons. The summed E-state index contributed by atoms with van der Waals surface area (Å²) in [6, 6.07) is 0. The molecule has 0 bridgehead atoms. The van der Waals surface area contributed by atoms with Crippen molar-refractivity contribution in [1.29, 1.82) is 0 Å². The van der Waals surface area contributed by atoms with Gasteiger partial charge in [-0.2, -0.15) is 0 Å². The van der Waals surface area contributed by atoms with Gasteiger partial charge in [0.2, 0.25) is 11.8 Å². The highest BCUT2D eigenvalue weighted by molar-refractivity contribution is 5.91. The van der Waals surface area contributed by atoms with Crippen LogP contribution in [0.25, 0.3) is 0 Å². The van der Waals surface area contributed by atoms with Crippen molar-refractivity contribution in [2.45, 2.75) is 79.7 Å². The predicted octanol–water partition coefficient (Wildman–Crippen LogP) is 4.41. The minimum Gasteiger partial charge on any atom is -0.446 e. The molecular formula is C21H37N3O3. The van der Waals surface area contributed by atoms with Crippen LogP contribution in [-0.4, -0.2) is 34.8 Å². The van der Waals surface area contributed by atoms with Gasteiger partial charge in [0.05, 0.1) is 6.54 Å². The molecule has 1 rings (SSSR count). The van der Waals surface area contributed by atoms with Crippen LogP contribution in [0.15, 0.2) is 10.7 Å². The van der Waals surface area contributed by atoms with Crippen LogP contribution in [0.3, 0.4) is 0 Å². The first kappa shape index (κ1) is 23.2. The molecule has 154 valence electrons. The Labute approximate surface area is 164 Å². The molecule has 0 aliphatic carbocycles. The second kappa shape index (κ2) is 12.5. The maximum atomic E-state index is 12.6. The molecule has 27 heavy (non-hydrogen) atoms. The number of nitrogens with one attached hydrogen (secondary N) is 1. The number of hydrogen-bond donors (Lipinski definition) is 1. The van der Waals surface area contributed by atoms with Crippen LogP contribution in [0.4, 0.5) is 0 Å². The lowest BCUT2D eigenvalue weighted by atomic mass is 10.1. The molecule has 0 aromatic carbocycles. The van der Waals surface area contributed by atoms with Crippen LogP contribution >= 0.6 is 0 Å². The first-order valence-corrected chi connectivity index (χ1v) is 10.3. The first-order chi connectivity index (χ1) is 12.8. The number of carbonyl (C=O) groups is 2. The third-order valence-corrected chi connectivity index (χ3v) is 4.21. The fourth-order valence-corrected chi connectivity index (χ4v) is 2.77. The topological polar surface area (TPSA) is 75.4 Å². The summed E-state index contributed by atoms with van der Waals surface area (Å²) in [6.07, 6.45) is 7.54. The summed E-state index contributed by atoms with van der Waals surface area (Å²) < 4.78 is 5.45. The molecule has 2 amide bonds. The average molecular weight is 380 g/mol. The van der Waals surface area contributed by atoms with Gasteiger partial charge in [-0.05, 0) is 18.3 Å². The molecule has 0 fully saturated rings. The summed E-state index contributed by atoms with van der Waals surface area (Å²) in [7, 11) is 0. The van der Waals surface area contributed by atoms with E-state index < -0.39 is 0 Å². The molecule has 6 heteroatoms. The summed E-state index contributed by atoms with van der Waals surface area (Å²) in [6.45, 7) is 12.0. The standard InChI is InChI=1S/C21H37N3O3/c1-6-7-8-9-10-11-20(25)24(13-17(4)5)14-19-23-18(15-27-19)21(26)22-12-16(2)3/h15-17H,6-14H2,1-5H3,(H,22,26). The normalized spacial score (nSPS) is 11.2. The smallest absolute Gasteiger partial charge is 0.273 e. The Balaban J connectivity index is 2.60. The number of oxazole rings is 1. The van der Waals surface area contributed by atoms with Gasteiger partial charge in [-0.1, -0.05) is 60.3 Å². The van der Waals surface area contributed by atoms with Crippen molar-refractivity contribution in [3.63, 3.8) is 0 Å². The summed E-state index contributed by atoms with van der Waals surface area (Å²) in [4.78, 5) is 30.7. The van der Waals surface area contributed by atoms with E-state index in [4.69, 9.17) is 4.42 Å². The fraction of sp³-hybridized carbons (Fsp3) is 0.762. The molecular weight excluding hydrogens is 342 g/mol. The fourth-order valence-electron chi connectivity index (χ4n) is 2.77. The van der Waals surface area contributed by atoms with E-state index in [9.17, 15) is 9.59 Å². The van der Waals surface area contributed by atoms with E-state index >= 15 is 0 Å². The third-order valence-electron chi connectivity index (χ3n) is 4.21. The molecule has 0 unspecified atom stereocenters. The van der Waals surface area contributed by atoms with Crippen molar-refractivity contribution >= 4 is 11.8 Å². The van der Waals surface area contributed by atoms with Gasteiger partial charge in [0.25, 0.3) is 5.91 Å². The minimum atomic E-state index is -0.239. The van der Waals surface area contributed by atoms with E-state index in [1.165, 1.54) is 25.5 Å². The lowest BCUT2D eigenvalue weighted by Gasteiger charge is -2.23. The average Bonchev–Trinajstić information content (AvgIpc) is 3.07. The highest BCUT2D eigenvalue weighted by atomic mass is 16.3. The monoisotopic (exact) mass is 379 g/mol. The zero-order valence-corrected chi connectivity index (χ0v) is 17.7. The van der Waals surface area contributed by atoms with Crippen molar-refractivity contribution in [2.24, 2.45) is 11.8 Å². The summed E-state index contributed by atoms with van der Waals surface area (Å²) in [5.41, 5.74) is 0.266. The van der Waals surface area contributed by atoms with Crippen LogP contribution in [-0.2, 0) is 11.3 Å². The minimum absolute atomic E-state index is 0.129. The Morgan fingerprint density at radius 1 is 1.11 bits per heavy atom. The zero-order valence-electron chi connectivity index (χ0n) is 17.7. The molecule has 6 nitrogen and oxygen atoms in total. The van der Waals surface area contributed by atoms with Gasteiger partial charge < -0.3 is 14.6 Å². The van der Waals surface area contributed by atoms with E-state index in [-0.39, 0.29) is 17.5 Å². The number of hydrogen-bond acceptors (Lipinski definition) is 4. The molecule has 0 saturated carbocycles. The van der Waals surface area contributed by atoms with E-state index in [2.05, 4.69) is 31.1 Å². The van der Waals surface area contributed by atoms with Gasteiger partial charge >= 0.3 is 0 Å². The Morgan fingerprint density at radius 3 is 2.44 bits per heavy atom. The molecule has 0 spiro atoms. The number of rotatable bonds is 13. The maximum absolute atomic E-state index is 12.6. The number of carbonyl (C=O) groups excluding carboxylic acids is 2. The van der Waals surface area contributed by atoms with Crippen LogP contribution < -0.4 is 5.32 Å². The van der Waals surface area contributed by atoms with Crippen LogP contribution in [0.5, 0.6) is 0 Å². The summed E-state index contributed by atoms with van der Waals surface area (Å²) in [5, 5.41) is 2.82. The molecule has 1 aromatic rings. The molecule has 0 aliphatic rings. The zero-order chi connectivity index (χ0) is 20.2. The highest BCUT2D eigenvalue weighted by Gasteiger charge is 2.19. The van der Waals surface area contributed by atoms with Crippen molar-refractivity contribution < 1.29 is 14.0 Å².